The van der Waals surface area contributed by atoms with Crippen molar-refractivity contribution in [2.45, 2.75) is 13.8 Å². The Balaban J connectivity index is 1.92. The zero-order valence-electron chi connectivity index (χ0n) is 15.1. The minimum Gasteiger partial charge on any atom is -0.321 e. The molecule has 1 aromatic heterocycles. The lowest BCUT2D eigenvalue weighted by atomic mass is 10.2. The topological polar surface area (TPSA) is 66.5 Å². The Labute approximate surface area is 167 Å². The zero-order valence-corrected chi connectivity index (χ0v) is 17.5. The number of rotatable bonds is 5. The first-order valence-corrected chi connectivity index (χ1v) is 11.3. The number of carbonyl (C=O) groups excluding carboxylic acids is 1. The molecule has 0 spiro atoms. The summed E-state index contributed by atoms with van der Waals surface area (Å²) < 4.78 is 26.1. The van der Waals surface area contributed by atoms with E-state index in [9.17, 15) is 13.2 Å². The molecular formula is C19H19ClN2O3S2. The fourth-order valence-corrected chi connectivity index (χ4v) is 4.90. The predicted molar refractivity (Wildman–Crippen MR) is 114 cm³/mol. The van der Waals surface area contributed by atoms with Crippen molar-refractivity contribution < 1.29 is 13.2 Å². The number of amides is 1. The second-order valence-electron chi connectivity index (χ2n) is 6.17. The first-order valence-electron chi connectivity index (χ1n) is 8.28. The van der Waals surface area contributed by atoms with Gasteiger partial charge in [0.1, 0.15) is 0 Å². The van der Waals surface area contributed by atoms with Gasteiger partial charge in [0.25, 0.3) is 5.91 Å². The van der Waals surface area contributed by atoms with Crippen LogP contribution in [0.2, 0.25) is 5.02 Å². The van der Waals surface area contributed by atoms with Crippen molar-refractivity contribution in [1.29, 1.82) is 0 Å². The van der Waals surface area contributed by atoms with Gasteiger partial charge in [0.2, 0.25) is 10.0 Å². The molecule has 5 nitrogen and oxygen atoms in total. The highest BCUT2D eigenvalue weighted by molar-refractivity contribution is 7.92. The second-order valence-corrected chi connectivity index (χ2v) is 9.60. The normalized spacial score (nSPS) is 11.6. The average Bonchev–Trinajstić information content (AvgIpc) is 3.01. The Kier molecular flexibility index (Phi) is 5.46. The largest absolute Gasteiger partial charge is 0.321 e. The van der Waals surface area contributed by atoms with Crippen LogP contribution in [-0.2, 0) is 10.0 Å². The number of hydrogen-bond donors (Lipinski definition) is 1. The van der Waals surface area contributed by atoms with Crippen molar-refractivity contribution in [1.82, 2.24) is 0 Å². The van der Waals surface area contributed by atoms with Crippen LogP contribution in [0.4, 0.5) is 11.4 Å². The molecule has 0 saturated carbocycles. The Hall–Kier alpha value is -2.09. The van der Waals surface area contributed by atoms with Gasteiger partial charge in [0.05, 0.1) is 16.8 Å². The van der Waals surface area contributed by atoms with Crippen LogP contribution in [-0.4, -0.2) is 27.1 Å². The number of nitrogens with zero attached hydrogens (tertiary/aromatic N) is 1. The van der Waals surface area contributed by atoms with E-state index < -0.39 is 10.0 Å². The second kappa shape index (κ2) is 7.50. The Morgan fingerprint density at radius 2 is 1.93 bits per heavy atom. The van der Waals surface area contributed by atoms with Gasteiger partial charge in [-0.2, -0.15) is 0 Å². The molecule has 142 valence electrons. The van der Waals surface area contributed by atoms with Crippen LogP contribution in [0.3, 0.4) is 0 Å². The average molecular weight is 423 g/mol. The Morgan fingerprint density at radius 1 is 1.19 bits per heavy atom. The van der Waals surface area contributed by atoms with E-state index in [0.29, 0.717) is 27.8 Å². The highest BCUT2D eigenvalue weighted by Gasteiger charge is 2.17. The lowest BCUT2D eigenvalue weighted by molar-refractivity contribution is 0.103. The van der Waals surface area contributed by atoms with Crippen LogP contribution in [0.15, 0.2) is 42.5 Å². The van der Waals surface area contributed by atoms with Crippen LogP contribution in [0, 0.1) is 6.92 Å². The monoisotopic (exact) mass is 422 g/mol. The van der Waals surface area contributed by atoms with Gasteiger partial charge in [-0.05, 0) is 61.2 Å². The van der Waals surface area contributed by atoms with E-state index in [-0.39, 0.29) is 5.91 Å². The lowest BCUT2D eigenvalue weighted by Crippen LogP contribution is -2.29. The van der Waals surface area contributed by atoms with Gasteiger partial charge in [-0.15, -0.1) is 11.3 Å². The van der Waals surface area contributed by atoms with Crippen molar-refractivity contribution in [3.63, 3.8) is 0 Å². The number of halogens is 1. The predicted octanol–water partition coefficient (Wildman–Crippen LogP) is 4.90. The quantitative estimate of drug-likeness (QED) is 0.635. The fraction of sp³-hybridized carbons (Fsp3) is 0.211. The molecule has 0 aliphatic carbocycles. The van der Waals surface area contributed by atoms with Gasteiger partial charge in [-0.1, -0.05) is 17.7 Å². The third-order valence-corrected chi connectivity index (χ3v) is 6.77. The number of sulfonamides is 1. The molecule has 1 N–H and O–H groups in total. The van der Waals surface area contributed by atoms with E-state index in [0.717, 1.165) is 15.6 Å². The number of anilines is 2. The van der Waals surface area contributed by atoms with Gasteiger partial charge >= 0.3 is 0 Å². The first kappa shape index (κ1) is 19.7. The molecule has 27 heavy (non-hydrogen) atoms. The number of carbonyl (C=O) groups is 1. The van der Waals surface area contributed by atoms with Crippen molar-refractivity contribution in [3.05, 3.63) is 57.9 Å². The number of thiophene rings is 1. The summed E-state index contributed by atoms with van der Waals surface area (Å²) in [6, 6.07) is 12.5. The third-order valence-electron chi connectivity index (χ3n) is 4.15. The van der Waals surface area contributed by atoms with Gasteiger partial charge < -0.3 is 5.32 Å². The molecule has 0 aliphatic heterocycles. The molecule has 0 aliphatic rings. The minimum absolute atomic E-state index is 0.224. The van der Waals surface area contributed by atoms with Crippen molar-refractivity contribution >= 4 is 60.3 Å². The summed E-state index contributed by atoms with van der Waals surface area (Å²) in [7, 11) is -3.35. The first-order chi connectivity index (χ1) is 12.7. The summed E-state index contributed by atoms with van der Waals surface area (Å²) in [4.78, 5) is 13.2. The van der Waals surface area contributed by atoms with Crippen LogP contribution in [0.5, 0.6) is 0 Å². The van der Waals surface area contributed by atoms with Crippen LogP contribution in [0.25, 0.3) is 10.1 Å². The molecule has 0 unspecified atom stereocenters. The SMILES string of the molecule is CCN(c1ccc2sc(C(=O)Nc3cc(Cl)ccc3C)cc2c1)S(C)(=O)=O. The molecule has 0 bridgehead atoms. The fourth-order valence-electron chi connectivity index (χ4n) is 2.82. The molecule has 0 fully saturated rings. The molecular weight excluding hydrogens is 404 g/mol. The van der Waals surface area contributed by atoms with E-state index in [1.165, 1.54) is 21.9 Å². The summed E-state index contributed by atoms with van der Waals surface area (Å²) in [5, 5.41) is 4.26. The Bertz CT molecular complexity index is 1120. The van der Waals surface area contributed by atoms with Crippen LogP contribution < -0.4 is 9.62 Å². The molecule has 1 amide bonds. The van der Waals surface area contributed by atoms with E-state index in [1.54, 1.807) is 37.3 Å². The van der Waals surface area contributed by atoms with E-state index in [1.807, 2.05) is 19.1 Å². The van der Waals surface area contributed by atoms with Crippen molar-refractivity contribution in [2.24, 2.45) is 0 Å². The maximum absolute atomic E-state index is 12.6. The summed E-state index contributed by atoms with van der Waals surface area (Å²) in [5.74, 6) is -0.224. The summed E-state index contributed by atoms with van der Waals surface area (Å²) in [6.45, 7) is 4.02. The van der Waals surface area contributed by atoms with Crippen molar-refractivity contribution in [3.8, 4) is 0 Å². The lowest BCUT2D eigenvalue weighted by Gasteiger charge is -2.20. The van der Waals surface area contributed by atoms with E-state index >= 15 is 0 Å². The highest BCUT2D eigenvalue weighted by atomic mass is 35.5. The molecule has 3 rings (SSSR count). The summed E-state index contributed by atoms with van der Waals surface area (Å²) >= 11 is 7.36. The number of nitrogens with one attached hydrogen (secondary N) is 1. The molecule has 0 atom stereocenters. The number of benzene rings is 2. The molecule has 8 heteroatoms. The van der Waals surface area contributed by atoms with Gasteiger partial charge in [0, 0.05) is 22.0 Å². The molecule has 3 aromatic rings. The third kappa shape index (κ3) is 4.26. The van der Waals surface area contributed by atoms with E-state index in [2.05, 4.69) is 5.32 Å². The highest BCUT2D eigenvalue weighted by Crippen LogP contribution is 2.31. The molecule has 1 heterocycles. The van der Waals surface area contributed by atoms with Gasteiger partial charge in [-0.25, -0.2) is 8.42 Å². The number of fused-ring (bicyclic) bond motifs is 1. The van der Waals surface area contributed by atoms with E-state index in [4.69, 9.17) is 11.6 Å². The maximum atomic E-state index is 12.6. The minimum atomic E-state index is -3.35. The van der Waals surface area contributed by atoms with Crippen molar-refractivity contribution in [2.75, 3.05) is 22.4 Å². The summed E-state index contributed by atoms with van der Waals surface area (Å²) in [5.41, 5.74) is 2.17. The van der Waals surface area contributed by atoms with Gasteiger partial charge in [-0.3, -0.25) is 9.10 Å². The van der Waals surface area contributed by atoms with Crippen LogP contribution >= 0.6 is 22.9 Å². The smallest absolute Gasteiger partial charge is 0.265 e. The molecule has 0 saturated heterocycles. The number of aryl methyl sites for hydroxylation is 1. The molecule has 2 aromatic carbocycles. The molecule has 0 radical (unpaired) electrons. The van der Waals surface area contributed by atoms with Crippen LogP contribution in [0.1, 0.15) is 22.2 Å². The standard InChI is InChI=1S/C19H19ClN2O3S2/c1-4-22(27(3,24)25)15-7-8-17-13(9-15)10-18(26-17)19(23)21-16-11-14(20)6-5-12(16)2/h5-11H,4H2,1-3H3,(H,21,23). The van der Waals surface area contributed by atoms with Gasteiger partial charge in [0.15, 0.2) is 0 Å². The zero-order chi connectivity index (χ0) is 19.8. The number of hydrogen-bond acceptors (Lipinski definition) is 4. The summed E-state index contributed by atoms with van der Waals surface area (Å²) in [6.07, 6.45) is 1.18. The Morgan fingerprint density at radius 3 is 2.59 bits per heavy atom. The maximum Gasteiger partial charge on any atom is 0.265 e.